The van der Waals surface area contributed by atoms with E-state index < -0.39 is 27.9 Å². The molecule has 1 aromatic heterocycles. The van der Waals surface area contributed by atoms with Crippen molar-refractivity contribution in [2.45, 2.75) is 37.6 Å². The molecule has 0 aliphatic heterocycles. The smallest absolute Gasteiger partial charge is 0.324 e. The fourth-order valence-electron chi connectivity index (χ4n) is 3.63. The van der Waals surface area contributed by atoms with Crippen molar-refractivity contribution in [3.63, 3.8) is 0 Å². The predicted molar refractivity (Wildman–Crippen MR) is 123 cm³/mol. The Bertz CT molecular complexity index is 1410. The van der Waals surface area contributed by atoms with Crippen molar-refractivity contribution in [2.24, 2.45) is 11.8 Å². The van der Waals surface area contributed by atoms with Gasteiger partial charge in [-0.15, -0.1) is 0 Å². The van der Waals surface area contributed by atoms with Gasteiger partial charge in [-0.3, -0.25) is 20.2 Å². The van der Waals surface area contributed by atoms with Crippen molar-refractivity contribution >= 4 is 49.7 Å². The van der Waals surface area contributed by atoms with Gasteiger partial charge in [-0.05, 0) is 49.1 Å². The van der Waals surface area contributed by atoms with E-state index in [2.05, 4.69) is 4.72 Å². The van der Waals surface area contributed by atoms with Crippen LogP contribution in [-0.4, -0.2) is 49.6 Å². The number of sulfonamides is 1. The third-order valence-corrected chi connectivity index (χ3v) is 7.22. The van der Waals surface area contributed by atoms with Crippen LogP contribution in [0.4, 0.5) is 0 Å². The lowest BCUT2D eigenvalue weighted by atomic mass is 10.1. The summed E-state index contributed by atoms with van der Waals surface area (Å²) in [5.41, 5.74) is 1.04. The van der Waals surface area contributed by atoms with Gasteiger partial charge in [0, 0.05) is 28.3 Å². The highest BCUT2D eigenvalue weighted by Crippen LogP contribution is 2.33. The Labute approximate surface area is 196 Å². The van der Waals surface area contributed by atoms with Crippen molar-refractivity contribution in [2.75, 3.05) is 7.11 Å². The lowest BCUT2D eigenvalue weighted by molar-refractivity contribution is -0.150. The minimum atomic E-state index is -4.06. The zero-order chi connectivity index (χ0) is 24.8. The average Bonchev–Trinajstić information content (AvgIpc) is 3.60. The molecule has 1 heterocycles. The first kappa shape index (κ1) is 23.9. The van der Waals surface area contributed by atoms with Crippen molar-refractivity contribution in [1.29, 1.82) is 5.41 Å². The number of fused-ring (bicyclic) bond motifs is 3. The largest absolute Gasteiger partial charge is 0.468 e. The van der Waals surface area contributed by atoms with E-state index in [0.29, 0.717) is 39.8 Å². The number of furan rings is 1. The van der Waals surface area contributed by atoms with Gasteiger partial charge in [-0.2, -0.15) is 9.79 Å². The minimum Gasteiger partial charge on any atom is -0.468 e. The number of rotatable bonds is 7. The van der Waals surface area contributed by atoms with E-state index in [1.165, 1.54) is 19.2 Å². The van der Waals surface area contributed by atoms with Crippen molar-refractivity contribution in [1.82, 2.24) is 9.79 Å². The van der Waals surface area contributed by atoms with Crippen LogP contribution in [-0.2, 0) is 24.3 Å². The highest BCUT2D eigenvalue weighted by atomic mass is 32.2. The maximum Gasteiger partial charge on any atom is 0.324 e. The van der Waals surface area contributed by atoms with Gasteiger partial charge in [0.1, 0.15) is 17.2 Å². The summed E-state index contributed by atoms with van der Waals surface area (Å²) < 4.78 is 38.7. The number of hydrogen-bond acceptors (Lipinski definition) is 8. The second-order valence-electron chi connectivity index (χ2n) is 8.61. The van der Waals surface area contributed by atoms with E-state index in [1.807, 2.05) is 0 Å². The molecule has 3 N–H and O–H groups in total. The molecule has 0 radical (unpaired) electrons. The summed E-state index contributed by atoms with van der Waals surface area (Å²) in [6, 6.07) is 8.00. The van der Waals surface area contributed by atoms with E-state index in [9.17, 15) is 23.2 Å². The molecular weight excluding hydrogens is 462 g/mol. The number of ether oxygens (including phenoxy) is 1. The fourth-order valence-corrected chi connectivity index (χ4v) is 4.97. The van der Waals surface area contributed by atoms with Crippen LogP contribution in [0.15, 0.2) is 45.7 Å². The van der Waals surface area contributed by atoms with E-state index in [1.54, 1.807) is 38.1 Å². The summed E-state index contributed by atoms with van der Waals surface area (Å²) in [4.78, 5) is 24.0. The molecule has 0 saturated heterocycles. The van der Waals surface area contributed by atoms with Crippen molar-refractivity contribution in [3.05, 3.63) is 42.0 Å². The van der Waals surface area contributed by atoms with Crippen molar-refractivity contribution in [3.8, 4) is 0 Å². The van der Waals surface area contributed by atoms with Gasteiger partial charge in [0.25, 0.3) is 5.91 Å². The van der Waals surface area contributed by atoms with Gasteiger partial charge < -0.3 is 9.15 Å². The molecule has 0 bridgehead atoms. The molecule has 1 aliphatic rings. The van der Waals surface area contributed by atoms with E-state index in [0.717, 1.165) is 0 Å². The Kier molecular flexibility index (Phi) is 6.19. The standard InChI is InChI=1S/C23H25N3O7S/c1-12(2)20(23(28)32-3)25-34(30,31)15-7-8-16-17-10-14(6-9-18(17)33-19(16)11-15)21(24)26(29)22(27)13-4-5-13/h6-13,20,24-25,29H,4-5H2,1-3H3/t20-/m0/s1. The molecule has 4 rings (SSSR count). The number of nitrogens with one attached hydrogen (secondary N) is 2. The van der Waals surface area contributed by atoms with Crippen LogP contribution in [0.1, 0.15) is 32.3 Å². The van der Waals surface area contributed by atoms with Crippen LogP contribution in [0.3, 0.4) is 0 Å². The first-order valence-electron chi connectivity index (χ1n) is 10.7. The average molecular weight is 488 g/mol. The van der Waals surface area contributed by atoms with Crippen molar-refractivity contribution < 1.29 is 32.4 Å². The number of amidine groups is 1. The molecule has 1 fully saturated rings. The summed E-state index contributed by atoms with van der Waals surface area (Å²) in [6.45, 7) is 3.40. The molecule has 180 valence electrons. The Morgan fingerprint density at radius 3 is 2.47 bits per heavy atom. The number of hydroxylamine groups is 2. The van der Waals surface area contributed by atoms with E-state index >= 15 is 0 Å². The predicted octanol–water partition coefficient (Wildman–Crippen LogP) is 3.02. The molecule has 11 heteroatoms. The third-order valence-electron chi connectivity index (χ3n) is 5.78. The highest BCUT2D eigenvalue weighted by Gasteiger charge is 2.35. The number of esters is 1. The maximum atomic E-state index is 12.9. The molecule has 1 atom stereocenters. The van der Waals surface area contributed by atoms with Gasteiger partial charge in [0.05, 0.1) is 12.0 Å². The number of amides is 1. The zero-order valence-corrected chi connectivity index (χ0v) is 19.7. The Morgan fingerprint density at radius 1 is 1.15 bits per heavy atom. The van der Waals surface area contributed by atoms with Crippen LogP contribution in [0.25, 0.3) is 21.9 Å². The fraction of sp³-hybridized carbons (Fsp3) is 0.348. The van der Waals surface area contributed by atoms with Crippen LogP contribution in [0.5, 0.6) is 0 Å². The number of benzene rings is 2. The molecule has 10 nitrogen and oxygen atoms in total. The van der Waals surface area contributed by atoms with Crippen LogP contribution in [0.2, 0.25) is 0 Å². The maximum absolute atomic E-state index is 12.9. The normalized spacial score (nSPS) is 15.0. The SMILES string of the molecule is COC(=O)[C@@H](NS(=O)(=O)c1ccc2c(c1)oc1ccc(C(=N)N(O)C(=O)C3CC3)cc12)C(C)C. The Balaban J connectivity index is 1.67. The van der Waals surface area contributed by atoms with Gasteiger partial charge in [0.2, 0.25) is 10.0 Å². The minimum absolute atomic E-state index is 0.0851. The summed E-state index contributed by atoms with van der Waals surface area (Å²) in [6.07, 6.45) is 1.40. The number of carbonyl (C=O) groups excluding carboxylic acids is 2. The first-order valence-corrected chi connectivity index (χ1v) is 12.2. The quantitative estimate of drug-likeness (QED) is 0.152. The van der Waals surface area contributed by atoms with Crippen LogP contribution < -0.4 is 4.72 Å². The molecule has 1 amide bonds. The number of hydrogen-bond donors (Lipinski definition) is 3. The Hall–Kier alpha value is -3.28. The second kappa shape index (κ2) is 8.82. The molecule has 0 spiro atoms. The van der Waals surface area contributed by atoms with E-state index in [-0.39, 0.29) is 28.1 Å². The van der Waals surface area contributed by atoms with Crippen LogP contribution >= 0.6 is 0 Å². The molecule has 3 aromatic rings. The molecule has 2 aromatic carbocycles. The summed E-state index contributed by atoms with van der Waals surface area (Å²) >= 11 is 0. The monoisotopic (exact) mass is 487 g/mol. The molecule has 1 aliphatic carbocycles. The first-order chi connectivity index (χ1) is 16.0. The van der Waals surface area contributed by atoms with Gasteiger partial charge in [-0.1, -0.05) is 13.8 Å². The number of nitrogens with zero attached hydrogens (tertiary/aromatic N) is 1. The van der Waals surface area contributed by atoms with E-state index in [4.69, 9.17) is 14.6 Å². The summed E-state index contributed by atoms with van der Waals surface area (Å²) in [5, 5.41) is 19.8. The molecule has 1 saturated carbocycles. The lowest BCUT2D eigenvalue weighted by Crippen LogP contribution is -2.44. The van der Waals surface area contributed by atoms with Gasteiger partial charge in [0.15, 0.2) is 5.84 Å². The second-order valence-corrected chi connectivity index (χ2v) is 10.3. The zero-order valence-electron chi connectivity index (χ0n) is 18.9. The summed E-state index contributed by atoms with van der Waals surface area (Å²) in [5.74, 6) is -2.11. The van der Waals surface area contributed by atoms with Crippen LogP contribution in [0, 0.1) is 17.2 Å². The van der Waals surface area contributed by atoms with Gasteiger partial charge in [-0.25, -0.2) is 8.42 Å². The lowest BCUT2D eigenvalue weighted by Gasteiger charge is -2.19. The molecule has 34 heavy (non-hydrogen) atoms. The number of carbonyl (C=O) groups is 2. The molecular formula is C23H25N3O7S. The van der Waals surface area contributed by atoms with Gasteiger partial charge >= 0.3 is 5.97 Å². The highest BCUT2D eigenvalue weighted by molar-refractivity contribution is 7.89. The summed E-state index contributed by atoms with van der Waals surface area (Å²) in [7, 11) is -2.86. The third kappa shape index (κ3) is 4.41. The number of methoxy groups -OCH3 is 1. The molecule has 0 unspecified atom stereocenters. The Morgan fingerprint density at radius 2 is 1.85 bits per heavy atom. The topological polar surface area (TPSA) is 150 Å².